The molecular weight excluding hydrogens is 354 g/mol. The van der Waals surface area contributed by atoms with Crippen molar-refractivity contribution in [3.63, 3.8) is 0 Å². The van der Waals surface area contributed by atoms with Gasteiger partial charge in [0.2, 0.25) is 21.8 Å². The molecule has 1 heterocycles. The summed E-state index contributed by atoms with van der Waals surface area (Å²) >= 11 is 0. The van der Waals surface area contributed by atoms with Crippen LogP contribution < -0.4 is 4.72 Å². The van der Waals surface area contributed by atoms with Crippen molar-refractivity contribution in [1.29, 1.82) is 0 Å². The Bertz CT molecular complexity index is 780. The number of sulfonamides is 1. The van der Waals surface area contributed by atoms with Crippen molar-refractivity contribution < 1.29 is 26.8 Å². The fourth-order valence-electron chi connectivity index (χ4n) is 2.61. The van der Waals surface area contributed by atoms with Crippen LogP contribution in [0.4, 0.5) is 8.78 Å². The van der Waals surface area contributed by atoms with Gasteiger partial charge in [-0.1, -0.05) is 12.1 Å². The lowest BCUT2D eigenvalue weighted by molar-refractivity contribution is -0.130. The van der Waals surface area contributed by atoms with Crippen LogP contribution in [-0.2, 0) is 26.2 Å². The van der Waals surface area contributed by atoms with Gasteiger partial charge >= 0.3 is 0 Å². The highest BCUT2D eigenvalue weighted by atomic mass is 32.2. The highest BCUT2D eigenvalue weighted by Crippen LogP contribution is 2.25. The number of carbonyl (C=O) groups is 2. The smallest absolute Gasteiger partial charge is 0.237 e. The van der Waals surface area contributed by atoms with Crippen LogP contribution in [0.1, 0.15) is 38.7 Å². The second-order valence-corrected chi connectivity index (χ2v) is 8.49. The van der Waals surface area contributed by atoms with Gasteiger partial charge in [-0.2, -0.15) is 0 Å². The molecular formula is C16H20F2N2O4S. The van der Waals surface area contributed by atoms with Crippen molar-refractivity contribution in [1.82, 2.24) is 9.62 Å². The fourth-order valence-corrected chi connectivity index (χ4v) is 3.25. The maximum atomic E-state index is 13.8. The molecule has 1 aromatic rings. The summed E-state index contributed by atoms with van der Waals surface area (Å²) in [6.07, 6.45) is 0.311. The van der Waals surface area contributed by atoms with Gasteiger partial charge in [0.1, 0.15) is 0 Å². The molecule has 0 aromatic heterocycles. The Morgan fingerprint density at radius 1 is 1.36 bits per heavy atom. The number of rotatable bonds is 6. The molecule has 0 aliphatic carbocycles. The molecule has 0 radical (unpaired) electrons. The summed E-state index contributed by atoms with van der Waals surface area (Å²) in [5.74, 6) is -3.06. The lowest BCUT2D eigenvalue weighted by atomic mass is 10.1. The molecule has 1 saturated heterocycles. The first-order valence-electron chi connectivity index (χ1n) is 7.88. The molecule has 0 bridgehead atoms. The van der Waals surface area contributed by atoms with Crippen LogP contribution in [0.2, 0.25) is 0 Å². The first kappa shape index (κ1) is 19.3. The van der Waals surface area contributed by atoms with E-state index >= 15 is 0 Å². The zero-order valence-corrected chi connectivity index (χ0v) is 14.8. The molecule has 1 atom stereocenters. The van der Waals surface area contributed by atoms with Gasteiger partial charge in [0.05, 0.1) is 5.25 Å². The molecule has 6 nitrogen and oxygen atoms in total. The van der Waals surface area contributed by atoms with Gasteiger partial charge in [-0.25, -0.2) is 17.2 Å². The molecule has 2 amide bonds. The quantitative estimate of drug-likeness (QED) is 0.822. The number of hydrogen-bond acceptors (Lipinski definition) is 4. The van der Waals surface area contributed by atoms with Crippen molar-refractivity contribution in [3.8, 4) is 0 Å². The van der Waals surface area contributed by atoms with E-state index in [0.717, 1.165) is 6.07 Å². The van der Waals surface area contributed by atoms with E-state index in [-0.39, 0.29) is 30.9 Å². The molecule has 1 aliphatic rings. The Hall–Kier alpha value is -2.03. The number of likely N-dealkylation sites (tertiary alicyclic amines) is 1. The zero-order valence-electron chi connectivity index (χ0n) is 14.0. The van der Waals surface area contributed by atoms with Crippen molar-refractivity contribution in [2.75, 3.05) is 0 Å². The van der Waals surface area contributed by atoms with Gasteiger partial charge in [0, 0.05) is 31.0 Å². The second-order valence-electron chi connectivity index (χ2n) is 6.25. The van der Waals surface area contributed by atoms with Gasteiger partial charge in [-0.05, 0) is 26.3 Å². The van der Waals surface area contributed by atoms with E-state index in [9.17, 15) is 26.8 Å². The summed E-state index contributed by atoms with van der Waals surface area (Å²) in [6, 6.07) is 3.12. The Kier molecular flexibility index (Phi) is 5.76. The highest BCUT2D eigenvalue weighted by Gasteiger charge is 2.34. The van der Waals surface area contributed by atoms with Crippen LogP contribution in [0, 0.1) is 11.6 Å². The van der Waals surface area contributed by atoms with Crippen molar-refractivity contribution in [3.05, 3.63) is 35.4 Å². The number of carbonyl (C=O) groups excluding carboxylic acids is 2. The predicted molar refractivity (Wildman–Crippen MR) is 86.7 cm³/mol. The molecule has 0 saturated carbocycles. The van der Waals surface area contributed by atoms with E-state index in [0.29, 0.717) is 6.42 Å². The molecule has 25 heavy (non-hydrogen) atoms. The lowest BCUT2D eigenvalue weighted by Crippen LogP contribution is -2.40. The third-order valence-electron chi connectivity index (χ3n) is 4.12. The minimum Gasteiger partial charge on any atom is -0.335 e. The van der Waals surface area contributed by atoms with Crippen molar-refractivity contribution in [2.24, 2.45) is 0 Å². The van der Waals surface area contributed by atoms with E-state index in [2.05, 4.69) is 0 Å². The average Bonchev–Trinajstić information content (AvgIpc) is 2.84. The molecule has 1 unspecified atom stereocenters. The van der Waals surface area contributed by atoms with E-state index in [1.165, 1.54) is 30.9 Å². The summed E-state index contributed by atoms with van der Waals surface area (Å²) in [5.41, 5.74) is 0.00969. The van der Waals surface area contributed by atoms with Gasteiger partial charge in [-0.15, -0.1) is 0 Å². The summed E-state index contributed by atoms with van der Waals surface area (Å²) in [5, 5.41) is -0.765. The third kappa shape index (κ3) is 4.53. The van der Waals surface area contributed by atoms with E-state index < -0.39 is 38.9 Å². The standard InChI is InChI=1S/C16H20F2N2O4S/c1-10(2)25(23,24)19-14(21)8-12-6-7-15(22)20(12)9-11-4-3-5-13(17)16(11)18/h3-5,10,12H,6-9H2,1-2H3,(H,19,21). The van der Waals surface area contributed by atoms with Crippen molar-refractivity contribution >= 4 is 21.8 Å². The molecule has 1 N–H and O–H groups in total. The molecule has 138 valence electrons. The zero-order chi connectivity index (χ0) is 18.8. The average molecular weight is 374 g/mol. The Balaban J connectivity index is 2.09. The molecule has 1 aliphatic heterocycles. The number of nitrogens with one attached hydrogen (secondary N) is 1. The van der Waals surface area contributed by atoms with Crippen LogP contribution in [0.15, 0.2) is 18.2 Å². The lowest BCUT2D eigenvalue weighted by Gasteiger charge is -2.25. The Morgan fingerprint density at radius 3 is 2.68 bits per heavy atom. The normalized spacial score (nSPS) is 18.0. The summed E-state index contributed by atoms with van der Waals surface area (Å²) < 4.78 is 52.5. The number of hydrogen-bond donors (Lipinski definition) is 1. The molecule has 9 heteroatoms. The molecule has 2 rings (SSSR count). The first-order chi connectivity index (χ1) is 11.6. The molecule has 1 fully saturated rings. The van der Waals surface area contributed by atoms with E-state index in [1.807, 2.05) is 4.72 Å². The van der Waals surface area contributed by atoms with Gasteiger partial charge in [0.15, 0.2) is 11.6 Å². The second kappa shape index (κ2) is 7.47. The van der Waals surface area contributed by atoms with Crippen LogP contribution in [-0.4, -0.2) is 36.4 Å². The van der Waals surface area contributed by atoms with Gasteiger partial charge in [0.25, 0.3) is 0 Å². The largest absolute Gasteiger partial charge is 0.335 e. The van der Waals surface area contributed by atoms with Gasteiger partial charge in [-0.3, -0.25) is 14.3 Å². The van der Waals surface area contributed by atoms with Crippen LogP contribution in [0.25, 0.3) is 0 Å². The molecule has 1 aromatic carbocycles. The minimum absolute atomic E-state index is 0.00969. The van der Waals surface area contributed by atoms with E-state index in [4.69, 9.17) is 0 Å². The number of halogens is 2. The number of benzene rings is 1. The van der Waals surface area contributed by atoms with Crippen molar-refractivity contribution in [2.45, 2.75) is 50.9 Å². The molecule has 0 spiro atoms. The minimum atomic E-state index is -3.75. The van der Waals surface area contributed by atoms with Crippen LogP contribution >= 0.6 is 0 Å². The highest BCUT2D eigenvalue weighted by molar-refractivity contribution is 7.90. The Morgan fingerprint density at radius 2 is 2.04 bits per heavy atom. The van der Waals surface area contributed by atoms with E-state index in [1.54, 1.807) is 0 Å². The van der Waals surface area contributed by atoms with Gasteiger partial charge < -0.3 is 4.90 Å². The predicted octanol–water partition coefficient (Wildman–Crippen LogP) is 1.70. The summed E-state index contributed by atoms with van der Waals surface area (Å²) in [4.78, 5) is 25.3. The Labute approximate surface area is 145 Å². The maximum Gasteiger partial charge on any atom is 0.237 e. The third-order valence-corrected chi connectivity index (χ3v) is 5.88. The SMILES string of the molecule is CC(C)S(=O)(=O)NC(=O)CC1CCC(=O)N1Cc1cccc(F)c1F. The monoisotopic (exact) mass is 374 g/mol. The fraction of sp³-hybridized carbons (Fsp3) is 0.500. The first-order valence-corrected chi connectivity index (χ1v) is 9.43. The topological polar surface area (TPSA) is 83.5 Å². The maximum absolute atomic E-state index is 13.8. The van der Waals surface area contributed by atoms with Crippen LogP contribution in [0.3, 0.4) is 0 Å². The number of amides is 2. The van der Waals surface area contributed by atoms with Crippen LogP contribution in [0.5, 0.6) is 0 Å². The number of nitrogens with zero attached hydrogens (tertiary/aromatic N) is 1. The summed E-state index contributed by atoms with van der Waals surface area (Å²) in [7, 11) is -3.75. The summed E-state index contributed by atoms with van der Waals surface area (Å²) in [6.45, 7) is 2.71.